The van der Waals surface area contributed by atoms with E-state index in [1.54, 1.807) is 0 Å². The van der Waals surface area contributed by atoms with E-state index in [-0.39, 0.29) is 5.91 Å². The van der Waals surface area contributed by atoms with Crippen molar-refractivity contribution in [3.05, 3.63) is 59.2 Å². The minimum atomic E-state index is -0.477. The highest BCUT2D eigenvalue weighted by Crippen LogP contribution is 2.26. The molecule has 2 aromatic rings. The zero-order valence-electron chi connectivity index (χ0n) is 16.3. The predicted octanol–water partition coefficient (Wildman–Crippen LogP) is 4.44. The summed E-state index contributed by atoms with van der Waals surface area (Å²) in [5.74, 6) is 1.55. The number of aryl methyl sites for hydroxylation is 2. The van der Waals surface area contributed by atoms with Crippen molar-refractivity contribution in [1.29, 1.82) is 0 Å². The first kappa shape index (κ1) is 19.3. The smallest absolute Gasteiger partial charge is 0.261 e. The molecule has 0 spiro atoms. The number of rotatable bonds is 8. The molecule has 1 N–H and O–H groups in total. The first-order valence-corrected chi connectivity index (χ1v) is 9.97. The van der Waals surface area contributed by atoms with Crippen LogP contribution in [-0.2, 0) is 24.2 Å². The Kier molecular flexibility index (Phi) is 6.74. The van der Waals surface area contributed by atoms with Crippen LogP contribution in [0.15, 0.2) is 42.5 Å². The summed E-state index contributed by atoms with van der Waals surface area (Å²) in [7, 11) is 0. The molecule has 0 fully saturated rings. The van der Waals surface area contributed by atoms with Crippen molar-refractivity contribution in [1.82, 2.24) is 5.32 Å². The van der Waals surface area contributed by atoms with Crippen LogP contribution in [0.1, 0.15) is 49.8 Å². The lowest BCUT2D eigenvalue weighted by atomic mass is 9.92. The molecule has 0 heterocycles. The largest absolute Gasteiger partial charge is 0.494 e. The third-order valence-corrected chi connectivity index (χ3v) is 4.96. The van der Waals surface area contributed by atoms with Crippen LogP contribution < -0.4 is 14.8 Å². The van der Waals surface area contributed by atoms with Crippen LogP contribution >= 0.6 is 0 Å². The van der Waals surface area contributed by atoms with E-state index in [0.717, 1.165) is 29.9 Å². The van der Waals surface area contributed by atoms with E-state index in [0.29, 0.717) is 19.6 Å². The molecule has 27 heavy (non-hydrogen) atoms. The highest BCUT2D eigenvalue weighted by molar-refractivity contribution is 5.81. The number of amides is 1. The van der Waals surface area contributed by atoms with Gasteiger partial charge >= 0.3 is 0 Å². The molecule has 1 aliphatic rings. The Hall–Kier alpha value is -2.49. The molecule has 0 unspecified atom stereocenters. The number of benzene rings is 2. The van der Waals surface area contributed by atoms with Crippen LogP contribution in [0.2, 0.25) is 0 Å². The van der Waals surface area contributed by atoms with Gasteiger partial charge in [0, 0.05) is 6.54 Å². The van der Waals surface area contributed by atoms with Gasteiger partial charge in [0.15, 0.2) is 6.10 Å². The van der Waals surface area contributed by atoms with Gasteiger partial charge in [0.05, 0.1) is 6.61 Å². The summed E-state index contributed by atoms with van der Waals surface area (Å²) in [6.07, 6.45) is 4.90. The lowest BCUT2D eigenvalue weighted by Crippen LogP contribution is -2.37. The quantitative estimate of drug-likeness (QED) is 0.750. The zero-order valence-corrected chi connectivity index (χ0v) is 16.3. The molecule has 1 amide bonds. The van der Waals surface area contributed by atoms with Gasteiger partial charge in [-0.05, 0) is 80.0 Å². The molecule has 0 saturated heterocycles. The number of hydrogen-bond acceptors (Lipinski definition) is 3. The van der Waals surface area contributed by atoms with Gasteiger partial charge in [0.1, 0.15) is 11.5 Å². The Bertz CT molecular complexity index is 755. The lowest BCUT2D eigenvalue weighted by Gasteiger charge is -2.20. The third-order valence-electron chi connectivity index (χ3n) is 4.96. The average molecular weight is 367 g/mol. The molecule has 0 saturated carbocycles. The average Bonchev–Trinajstić information content (AvgIpc) is 2.71. The second-order valence-electron chi connectivity index (χ2n) is 6.95. The van der Waals surface area contributed by atoms with Crippen molar-refractivity contribution < 1.29 is 14.3 Å². The maximum absolute atomic E-state index is 12.5. The van der Waals surface area contributed by atoms with Gasteiger partial charge in [-0.3, -0.25) is 4.79 Å². The van der Waals surface area contributed by atoms with Gasteiger partial charge in [0.25, 0.3) is 5.91 Å². The number of carbonyl (C=O) groups is 1. The van der Waals surface area contributed by atoms with Gasteiger partial charge < -0.3 is 14.8 Å². The molecule has 144 valence electrons. The SMILES string of the molecule is CCOc1ccc(CNC(=O)[C@@H](CC)Oc2ccc3c(c2)CCCC3)cc1. The van der Waals surface area contributed by atoms with Gasteiger partial charge in [-0.15, -0.1) is 0 Å². The van der Waals surface area contributed by atoms with Crippen LogP contribution in [-0.4, -0.2) is 18.6 Å². The fourth-order valence-electron chi connectivity index (χ4n) is 3.44. The van der Waals surface area contributed by atoms with E-state index >= 15 is 0 Å². The fourth-order valence-corrected chi connectivity index (χ4v) is 3.44. The minimum Gasteiger partial charge on any atom is -0.494 e. The summed E-state index contributed by atoms with van der Waals surface area (Å²) in [6.45, 7) is 5.06. The van der Waals surface area contributed by atoms with Gasteiger partial charge in [-0.2, -0.15) is 0 Å². The standard InChI is InChI=1S/C23H29NO3/c1-3-22(27-21-14-11-18-7-5-6-8-19(18)15-21)23(25)24-16-17-9-12-20(13-10-17)26-4-2/h9-15,22H,3-8,16H2,1-2H3,(H,24,25)/t22-/m1/s1. The molecule has 1 atom stereocenters. The van der Waals surface area contributed by atoms with Crippen LogP contribution in [0.4, 0.5) is 0 Å². The summed E-state index contributed by atoms with van der Waals surface area (Å²) in [6, 6.07) is 14.0. The van der Waals surface area contributed by atoms with Crippen LogP contribution in [0.25, 0.3) is 0 Å². The number of carbonyl (C=O) groups excluding carboxylic acids is 1. The highest BCUT2D eigenvalue weighted by Gasteiger charge is 2.19. The van der Waals surface area contributed by atoms with E-state index in [4.69, 9.17) is 9.47 Å². The summed E-state index contributed by atoms with van der Waals surface area (Å²) in [5, 5.41) is 2.98. The summed E-state index contributed by atoms with van der Waals surface area (Å²) in [5.41, 5.74) is 3.82. The molecule has 3 rings (SSSR count). The summed E-state index contributed by atoms with van der Waals surface area (Å²) in [4.78, 5) is 12.5. The van der Waals surface area contributed by atoms with Gasteiger partial charge in [-0.25, -0.2) is 0 Å². The van der Waals surface area contributed by atoms with Gasteiger partial charge in [0.2, 0.25) is 0 Å². The Morgan fingerprint density at radius 2 is 1.70 bits per heavy atom. The van der Waals surface area contributed by atoms with E-state index in [1.165, 1.54) is 24.0 Å². The molecule has 2 aromatic carbocycles. The Labute approximate surface area is 161 Å². The first-order chi connectivity index (χ1) is 13.2. The van der Waals surface area contributed by atoms with E-state index < -0.39 is 6.10 Å². The highest BCUT2D eigenvalue weighted by atomic mass is 16.5. The maximum Gasteiger partial charge on any atom is 0.261 e. The third kappa shape index (κ3) is 5.25. The molecule has 4 nitrogen and oxygen atoms in total. The molecular formula is C23H29NO3. The minimum absolute atomic E-state index is 0.0795. The van der Waals surface area contributed by atoms with Crippen molar-refractivity contribution in [3.8, 4) is 11.5 Å². The van der Waals surface area contributed by atoms with E-state index in [1.807, 2.05) is 44.2 Å². The second-order valence-corrected chi connectivity index (χ2v) is 6.95. The number of hydrogen-bond donors (Lipinski definition) is 1. The molecule has 4 heteroatoms. The topological polar surface area (TPSA) is 47.6 Å². The van der Waals surface area contributed by atoms with Crippen molar-refractivity contribution in [2.24, 2.45) is 0 Å². The van der Waals surface area contributed by atoms with Crippen molar-refractivity contribution in [2.45, 2.75) is 58.6 Å². The fraction of sp³-hybridized carbons (Fsp3) is 0.435. The van der Waals surface area contributed by atoms with Crippen LogP contribution in [0, 0.1) is 0 Å². The molecule has 0 aromatic heterocycles. The van der Waals surface area contributed by atoms with Gasteiger partial charge in [-0.1, -0.05) is 25.1 Å². The molecule has 0 aliphatic heterocycles. The molecule has 0 bridgehead atoms. The monoisotopic (exact) mass is 367 g/mol. The molecule has 1 aliphatic carbocycles. The number of fused-ring (bicyclic) bond motifs is 1. The maximum atomic E-state index is 12.5. The summed E-state index contributed by atoms with van der Waals surface area (Å²) >= 11 is 0. The van der Waals surface area contributed by atoms with E-state index in [9.17, 15) is 4.79 Å². The number of nitrogens with one attached hydrogen (secondary N) is 1. The Balaban J connectivity index is 1.56. The summed E-state index contributed by atoms with van der Waals surface area (Å²) < 4.78 is 11.4. The molecule has 0 radical (unpaired) electrons. The lowest BCUT2D eigenvalue weighted by molar-refractivity contribution is -0.128. The zero-order chi connectivity index (χ0) is 19.1. The normalized spacial score (nSPS) is 14.1. The van der Waals surface area contributed by atoms with Crippen LogP contribution in [0.3, 0.4) is 0 Å². The first-order valence-electron chi connectivity index (χ1n) is 9.97. The van der Waals surface area contributed by atoms with Crippen LogP contribution in [0.5, 0.6) is 11.5 Å². The van der Waals surface area contributed by atoms with Crippen molar-refractivity contribution in [2.75, 3.05) is 6.61 Å². The number of ether oxygens (including phenoxy) is 2. The predicted molar refractivity (Wildman–Crippen MR) is 107 cm³/mol. The van der Waals surface area contributed by atoms with Crippen molar-refractivity contribution >= 4 is 5.91 Å². The van der Waals surface area contributed by atoms with E-state index in [2.05, 4.69) is 17.4 Å². The second kappa shape index (κ2) is 9.45. The Morgan fingerprint density at radius 1 is 1.00 bits per heavy atom. The Morgan fingerprint density at radius 3 is 2.41 bits per heavy atom. The molecular weight excluding hydrogens is 338 g/mol. The van der Waals surface area contributed by atoms with Crippen molar-refractivity contribution in [3.63, 3.8) is 0 Å².